The predicted molar refractivity (Wildman–Crippen MR) is 85.4 cm³/mol. The highest BCUT2D eigenvalue weighted by molar-refractivity contribution is 5.80. The van der Waals surface area contributed by atoms with Gasteiger partial charge in [-0.05, 0) is 26.2 Å². The largest absolute Gasteiger partial charge is 0.393 e. The van der Waals surface area contributed by atoms with Crippen molar-refractivity contribution in [1.29, 1.82) is 0 Å². The van der Waals surface area contributed by atoms with E-state index in [1.165, 1.54) is 0 Å². The Kier molecular flexibility index (Phi) is 5.49. The number of hydrogen-bond donors (Lipinski definition) is 3. The molecule has 2 rings (SSSR count). The number of hydrogen-bond acceptors (Lipinski definition) is 3. The van der Waals surface area contributed by atoms with Crippen LogP contribution in [0.15, 0.2) is 4.99 Å². The SMILES string of the molecule is CCNC(=NCC1CCCC1O)NC1CC(OC)C1(C)C. The summed E-state index contributed by atoms with van der Waals surface area (Å²) in [6, 6.07) is 0.383. The maximum atomic E-state index is 9.89. The lowest BCUT2D eigenvalue weighted by Crippen LogP contribution is -2.63. The van der Waals surface area contributed by atoms with Crippen molar-refractivity contribution in [3.05, 3.63) is 0 Å². The van der Waals surface area contributed by atoms with Crippen molar-refractivity contribution in [1.82, 2.24) is 10.6 Å². The summed E-state index contributed by atoms with van der Waals surface area (Å²) >= 11 is 0. The molecule has 3 N–H and O–H groups in total. The molecule has 2 fully saturated rings. The zero-order valence-corrected chi connectivity index (χ0v) is 13.9. The molecule has 2 saturated carbocycles. The zero-order chi connectivity index (χ0) is 15.5. The average molecular weight is 297 g/mol. The van der Waals surface area contributed by atoms with Crippen LogP contribution >= 0.6 is 0 Å². The smallest absolute Gasteiger partial charge is 0.191 e. The van der Waals surface area contributed by atoms with Gasteiger partial charge in [0.15, 0.2) is 5.96 Å². The van der Waals surface area contributed by atoms with E-state index in [0.717, 1.165) is 38.2 Å². The first-order valence-electron chi connectivity index (χ1n) is 8.24. The highest BCUT2D eigenvalue weighted by Crippen LogP contribution is 2.42. The molecule has 5 nitrogen and oxygen atoms in total. The molecular weight excluding hydrogens is 266 g/mol. The lowest BCUT2D eigenvalue weighted by Gasteiger charge is -2.51. The van der Waals surface area contributed by atoms with Gasteiger partial charge in [-0.3, -0.25) is 4.99 Å². The molecule has 4 unspecified atom stereocenters. The molecule has 0 saturated heterocycles. The first-order valence-corrected chi connectivity index (χ1v) is 8.24. The molecule has 21 heavy (non-hydrogen) atoms. The first kappa shape index (κ1) is 16.6. The molecule has 0 aromatic rings. The van der Waals surface area contributed by atoms with Crippen molar-refractivity contribution < 1.29 is 9.84 Å². The average Bonchev–Trinajstić information content (AvgIpc) is 2.85. The van der Waals surface area contributed by atoms with E-state index in [0.29, 0.717) is 24.6 Å². The number of guanidine groups is 1. The highest BCUT2D eigenvalue weighted by atomic mass is 16.5. The van der Waals surface area contributed by atoms with Gasteiger partial charge >= 0.3 is 0 Å². The number of aliphatic imine (C=N–C) groups is 1. The second-order valence-electron chi connectivity index (χ2n) is 6.96. The minimum Gasteiger partial charge on any atom is -0.393 e. The summed E-state index contributed by atoms with van der Waals surface area (Å²) in [5, 5.41) is 16.7. The fourth-order valence-corrected chi connectivity index (χ4v) is 3.45. The van der Waals surface area contributed by atoms with Crippen LogP contribution in [0.4, 0.5) is 0 Å². The first-order chi connectivity index (χ1) is 9.98. The van der Waals surface area contributed by atoms with Crippen LogP contribution in [-0.4, -0.2) is 49.5 Å². The van der Waals surface area contributed by atoms with Crippen molar-refractivity contribution in [2.24, 2.45) is 16.3 Å². The van der Waals surface area contributed by atoms with Crippen LogP contribution in [0.5, 0.6) is 0 Å². The number of aliphatic hydroxyl groups excluding tert-OH is 1. The second-order valence-corrected chi connectivity index (χ2v) is 6.96. The number of nitrogens with zero attached hydrogens (tertiary/aromatic N) is 1. The number of methoxy groups -OCH3 is 1. The molecule has 0 amide bonds. The fraction of sp³-hybridized carbons (Fsp3) is 0.938. The van der Waals surface area contributed by atoms with Crippen LogP contribution in [0.25, 0.3) is 0 Å². The van der Waals surface area contributed by atoms with Crippen LogP contribution < -0.4 is 10.6 Å². The van der Waals surface area contributed by atoms with Crippen LogP contribution in [0, 0.1) is 11.3 Å². The predicted octanol–water partition coefficient (Wildman–Crippen LogP) is 1.52. The Balaban J connectivity index is 1.90. The molecule has 2 aliphatic rings. The Bertz CT molecular complexity index is 371. The summed E-state index contributed by atoms with van der Waals surface area (Å²) in [7, 11) is 1.78. The lowest BCUT2D eigenvalue weighted by molar-refractivity contribution is -0.0922. The lowest BCUT2D eigenvalue weighted by atomic mass is 9.64. The minimum atomic E-state index is -0.172. The standard InChI is InChI=1S/C16H31N3O2/c1-5-17-15(18-10-11-7-6-8-12(11)20)19-13-9-14(21-4)16(13,2)3/h11-14,20H,5-10H2,1-4H3,(H2,17,18,19). The van der Waals surface area contributed by atoms with E-state index < -0.39 is 0 Å². The van der Waals surface area contributed by atoms with Crippen molar-refractivity contribution in [3.63, 3.8) is 0 Å². The molecule has 0 aromatic carbocycles. The van der Waals surface area contributed by atoms with E-state index >= 15 is 0 Å². The fourth-order valence-electron chi connectivity index (χ4n) is 3.45. The van der Waals surface area contributed by atoms with Crippen molar-refractivity contribution in [3.8, 4) is 0 Å². The van der Waals surface area contributed by atoms with Gasteiger partial charge in [-0.1, -0.05) is 20.3 Å². The van der Waals surface area contributed by atoms with Gasteiger partial charge in [0.2, 0.25) is 0 Å². The molecule has 4 atom stereocenters. The molecule has 0 bridgehead atoms. The maximum absolute atomic E-state index is 9.89. The van der Waals surface area contributed by atoms with Gasteiger partial charge in [-0.15, -0.1) is 0 Å². The van der Waals surface area contributed by atoms with Crippen molar-refractivity contribution >= 4 is 5.96 Å². The van der Waals surface area contributed by atoms with Gasteiger partial charge in [0, 0.05) is 37.6 Å². The normalized spacial score (nSPS) is 35.4. The van der Waals surface area contributed by atoms with Crippen LogP contribution in [0.2, 0.25) is 0 Å². The third-order valence-corrected chi connectivity index (χ3v) is 5.22. The van der Waals surface area contributed by atoms with Gasteiger partial charge in [-0.2, -0.15) is 0 Å². The monoisotopic (exact) mass is 297 g/mol. The summed E-state index contributed by atoms with van der Waals surface area (Å²) in [6.45, 7) is 8.09. The Morgan fingerprint density at radius 1 is 1.38 bits per heavy atom. The molecule has 122 valence electrons. The number of aliphatic hydroxyl groups is 1. The number of rotatable bonds is 5. The Morgan fingerprint density at radius 2 is 2.14 bits per heavy atom. The second kappa shape index (κ2) is 6.97. The van der Waals surface area contributed by atoms with E-state index in [9.17, 15) is 5.11 Å². The van der Waals surface area contributed by atoms with E-state index in [1.807, 2.05) is 0 Å². The number of nitrogens with one attached hydrogen (secondary N) is 2. The summed E-state index contributed by atoms with van der Waals surface area (Å²) in [6.07, 6.45) is 4.29. The summed E-state index contributed by atoms with van der Waals surface area (Å²) in [4.78, 5) is 4.68. The van der Waals surface area contributed by atoms with E-state index in [1.54, 1.807) is 7.11 Å². The molecular formula is C16H31N3O2. The van der Waals surface area contributed by atoms with Crippen molar-refractivity contribution in [2.75, 3.05) is 20.2 Å². The van der Waals surface area contributed by atoms with Gasteiger partial charge in [0.25, 0.3) is 0 Å². The topological polar surface area (TPSA) is 65.9 Å². The Hall–Kier alpha value is -0.810. The number of ether oxygens (including phenoxy) is 1. The zero-order valence-electron chi connectivity index (χ0n) is 13.9. The van der Waals surface area contributed by atoms with Crippen molar-refractivity contribution in [2.45, 2.75) is 64.7 Å². The molecule has 0 aliphatic heterocycles. The molecule has 0 spiro atoms. The summed E-state index contributed by atoms with van der Waals surface area (Å²) < 4.78 is 5.50. The Labute approximate surface area is 128 Å². The van der Waals surface area contributed by atoms with Gasteiger partial charge in [-0.25, -0.2) is 0 Å². The third-order valence-electron chi connectivity index (χ3n) is 5.22. The van der Waals surface area contributed by atoms with E-state index in [-0.39, 0.29) is 11.5 Å². The van der Waals surface area contributed by atoms with Crippen LogP contribution in [0.3, 0.4) is 0 Å². The van der Waals surface area contributed by atoms with E-state index in [4.69, 9.17) is 4.74 Å². The Morgan fingerprint density at radius 3 is 2.67 bits per heavy atom. The molecule has 5 heteroatoms. The third kappa shape index (κ3) is 3.69. The molecule has 0 radical (unpaired) electrons. The van der Waals surface area contributed by atoms with Crippen LogP contribution in [-0.2, 0) is 4.74 Å². The van der Waals surface area contributed by atoms with Gasteiger partial charge in [0.05, 0.1) is 12.2 Å². The summed E-state index contributed by atoms with van der Waals surface area (Å²) in [5.41, 5.74) is 0.123. The van der Waals surface area contributed by atoms with E-state index in [2.05, 4.69) is 36.4 Å². The minimum absolute atomic E-state index is 0.123. The molecule has 0 heterocycles. The van der Waals surface area contributed by atoms with Gasteiger partial charge in [0.1, 0.15) is 0 Å². The van der Waals surface area contributed by atoms with Crippen LogP contribution in [0.1, 0.15) is 46.5 Å². The summed E-state index contributed by atoms with van der Waals surface area (Å²) in [5.74, 6) is 1.19. The quantitative estimate of drug-likeness (QED) is 0.532. The van der Waals surface area contributed by atoms with Gasteiger partial charge < -0.3 is 20.5 Å². The molecule has 0 aromatic heterocycles. The maximum Gasteiger partial charge on any atom is 0.191 e. The highest BCUT2D eigenvalue weighted by Gasteiger charge is 2.48. The molecule has 2 aliphatic carbocycles.